The van der Waals surface area contributed by atoms with Crippen molar-refractivity contribution in [2.45, 2.75) is 13.8 Å². The summed E-state index contributed by atoms with van der Waals surface area (Å²) in [6, 6.07) is 14.0. The lowest BCUT2D eigenvalue weighted by Crippen LogP contribution is -2.17. The van der Waals surface area contributed by atoms with Gasteiger partial charge in [0.1, 0.15) is 5.00 Å². The van der Waals surface area contributed by atoms with Crippen molar-refractivity contribution < 1.29 is 14.4 Å². The Balaban J connectivity index is 1.78. The van der Waals surface area contributed by atoms with E-state index in [9.17, 15) is 14.4 Å². The highest BCUT2D eigenvalue weighted by atomic mass is 32.1. The molecule has 0 atom stereocenters. The van der Waals surface area contributed by atoms with Crippen molar-refractivity contribution in [2.75, 3.05) is 16.0 Å². The minimum atomic E-state index is -0.741. The van der Waals surface area contributed by atoms with E-state index in [1.165, 1.54) is 6.92 Å². The number of hydrogen-bond donors (Lipinski definition) is 4. The normalized spacial score (nSPS) is 10.3. The molecule has 0 radical (unpaired) electrons. The summed E-state index contributed by atoms with van der Waals surface area (Å²) in [5.41, 5.74) is 8.20. The number of hydrogen-bond acceptors (Lipinski definition) is 6. The van der Waals surface area contributed by atoms with E-state index in [1.807, 2.05) is 31.2 Å². The standard InChI is InChI=1S/C20H19N5O3S/c1-11-4-3-5-15(10-11)23-20-24-16(17(21)27)19(29-20)25-18(28)13-6-8-14(9-7-13)22-12(2)26/h3-10H,1-2H3,(H2,21,27)(H,22,26)(H,23,24)(H,25,28). The van der Waals surface area contributed by atoms with Crippen molar-refractivity contribution >= 4 is 50.6 Å². The molecule has 9 heteroatoms. The second kappa shape index (κ2) is 8.53. The van der Waals surface area contributed by atoms with Crippen LogP contribution in [0.5, 0.6) is 0 Å². The number of carbonyl (C=O) groups is 3. The molecule has 0 fully saturated rings. The van der Waals surface area contributed by atoms with Crippen molar-refractivity contribution in [1.29, 1.82) is 0 Å². The molecule has 0 aliphatic carbocycles. The summed E-state index contributed by atoms with van der Waals surface area (Å²) in [7, 11) is 0. The fourth-order valence-electron chi connectivity index (χ4n) is 2.56. The summed E-state index contributed by atoms with van der Waals surface area (Å²) >= 11 is 1.11. The van der Waals surface area contributed by atoms with Crippen LogP contribution in [-0.2, 0) is 4.79 Å². The number of nitrogens with one attached hydrogen (secondary N) is 3. The molecule has 3 amide bonds. The minimum Gasteiger partial charge on any atom is -0.364 e. The molecule has 0 saturated carbocycles. The van der Waals surface area contributed by atoms with Gasteiger partial charge < -0.3 is 21.7 Å². The summed E-state index contributed by atoms with van der Waals surface area (Å²) in [4.78, 5) is 39.6. The molecule has 0 unspecified atom stereocenters. The maximum atomic E-state index is 12.5. The summed E-state index contributed by atoms with van der Waals surface area (Å²) in [6.45, 7) is 3.36. The maximum Gasteiger partial charge on any atom is 0.270 e. The molecule has 0 spiro atoms. The first-order chi connectivity index (χ1) is 13.8. The van der Waals surface area contributed by atoms with Crippen molar-refractivity contribution in [3.63, 3.8) is 0 Å². The van der Waals surface area contributed by atoms with Gasteiger partial charge in [-0.15, -0.1) is 0 Å². The molecule has 3 aromatic rings. The molecule has 1 heterocycles. The van der Waals surface area contributed by atoms with Gasteiger partial charge in [-0.25, -0.2) is 4.98 Å². The molecule has 148 valence electrons. The Morgan fingerprint density at radius 3 is 2.34 bits per heavy atom. The first kappa shape index (κ1) is 20.0. The van der Waals surface area contributed by atoms with Crippen LogP contribution < -0.4 is 21.7 Å². The Morgan fingerprint density at radius 1 is 1.00 bits per heavy atom. The smallest absolute Gasteiger partial charge is 0.270 e. The number of amides is 3. The molecular weight excluding hydrogens is 390 g/mol. The number of aryl methyl sites for hydroxylation is 1. The van der Waals surface area contributed by atoms with Gasteiger partial charge in [0.25, 0.3) is 11.8 Å². The van der Waals surface area contributed by atoms with Gasteiger partial charge in [-0.1, -0.05) is 23.5 Å². The van der Waals surface area contributed by atoms with Crippen LogP contribution in [0.3, 0.4) is 0 Å². The Labute approximate surface area is 171 Å². The highest BCUT2D eigenvalue weighted by Gasteiger charge is 2.19. The van der Waals surface area contributed by atoms with E-state index in [4.69, 9.17) is 5.73 Å². The van der Waals surface area contributed by atoms with Gasteiger partial charge in [-0.2, -0.15) is 0 Å². The molecule has 5 N–H and O–H groups in total. The van der Waals surface area contributed by atoms with E-state index in [0.29, 0.717) is 16.4 Å². The highest BCUT2D eigenvalue weighted by molar-refractivity contribution is 7.20. The SMILES string of the molecule is CC(=O)Nc1ccc(C(=O)Nc2sc(Nc3cccc(C)c3)nc2C(N)=O)cc1. The lowest BCUT2D eigenvalue weighted by molar-refractivity contribution is -0.114. The Morgan fingerprint density at radius 2 is 1.72 bits per heavy atom. The number of rotatable bonds is 6. The fourth-order valence-corrected chi connectivity index (χ4v) is 3.44. The number of nitrogens with zero attached hydrogens (tertiary/aromatic N) is 1. The van der Waals surface area contributed by atoms with Crippen LogP contribution in [0, 0.1) is 6.92 Å². The van der Waals surface area contributed by atoms with Gasteiger partial charge in [0.15, 0.2) is 10.8 Å². The van der Waals surface area contributed by atoms with Crippen LogP contribution in [0.4, 0.5) is 21.5 Å². The Bertz CT molecular complexity index is 1080. The molecule has 0 bridgehead atoms. The zero-order chi connectivity index (χ0) is 21.0. The first-order valence-electron chi connectivity index (χ1n) is 8.65. The number of carbonyl (C=O) groups excluding carboxylic acids is 3. The monoisotopic (exact) mass is 409 g/mol. The van der Waals surface area contributed by atoms with Crippen LogP contribution in [0.15, 0.2) is 48.5 Å². The van der Waals surface area contributed by atoms with E-state index in [2.05, 4.69) is 20.9 Å². The first-order valence-corrected chi connectivity index (χ1v) is 9.47. The zero-order valence-corrected chi connectivity index (χ0v) is 16.6. The third-order valence-corrected chi connectivity index (χ3v) is 4.71. The van der Waals surface area contributed by atoms with Crippen LogP contribution in [0.25, 0.3) is 0 Å². The second-order valence-corrected chi connectivity index (χ2v) is 7.27. The molecule has 3 rings (SSSR count). The number of nitrogens with two attached hydrogens (primary N) is 1. The molecule has 29 heavy (non-hydrogen) atoms. The van der Waals surface area contributed by atoms with Crippen LogP contribution >= 0.6 is 11.3 Å². The van der Waals surface area contributed by atoms with E-state index in [-0.39, 0.29) is 16.6 Å². The number of benzene rings is 2. The number of thiazole rings is 1. The van der Waals surface area contributed by atoms with Crippen LogP contribution in [0.1, 0.15) is 33.3 Å². The average molecular weight is 409 g/mol. The molecular formula is C20H19N5O3S. The van der Waals surface area contributed by atoms with E-state index in [1.54, 1.807) is 24.3 Å². The van der Waals surface area contributed by atoms with Crippen molar-refractivity contribution in [1.82, 2.24) is 4.98 Å². The maximum absolute atomic E-state index is 12.5. The Hall–Kier alpha value is -3.72. The predicted octanol–water partition coefficient (Wildman–Crippen LogP) is 3.50. The molecule has 0 aliphatic rings. The van der Waals surface area contributed by atoms with E-state index in [0.717, 1.165) is 22.6 Å². The summed E-state index contributed by atoms with van der Waals surface area (Å²) < 4.78 is 0. The van der Waals surface area contributed by atoms with Gasteiger partial charge in [0.2, 0.25) is 5.91 Å². The van der Waals surface area contributed by atoms with Gasteiger partial charge in [0, 0.05) is 23.9 Å². The van der Waals surface area contributed by atoms with E-state index < -0.39 is 11.8 Å². The highest BCUT2D eigenvalue weighted by Crippen LogP contribution is 2.31. The average Bonchev–Trinajstić information content (AvgIpc) is 3.04. The van der Waals surface area contributed by atoms with Gasteiger partial charge in [-0.3, -0.25) is 14.4 Å². The number of anilines is 4. The molecule has 1 aromatic heterocycles. The lowest BCUT2D eigenvalue weighted by atomic mass is 10.2. The molecule has 8 nitrogen and oxygen atoms in total. The van der Waals surface area contributed by atoms with Crippen molar-refractivity contribution in [3.05, 3.63) is 65.4 Å². The third-order valence-electron chi connectivity index (χ3n) is 3.82. The molecule has 2 aromatic carbocycles. The summed E-state index contributed by atoms with van der Waals surface area (Å²) in [5.74, 6) is -1.37. The van der Waals surface area contributed by atoms with Gasteiger partial charge in [0.05, 0.1) is 0 Å². The fraction of sp³-hybridized carbons (Fsp3) is 0.100. The quantitative estimate of drug-likeness (QED) is 0.496. The minimum absolute atomic E-state index is 0.0200. The second-order valence-electron chi connectivity index (χ2n) is 6.27. The summed E-state index contributed by atoms with van der Waals surface area (Å²) in [6.07, 6.45) is 0. The number of aromatic nitrogens is 1. The third kappa shape index (κ3) is 5.17. The van der Waals surface area contributed by atoms with Crippen LogP contribution in [0.2, 0.25) is 0 Å². The topological polar surface area (TPSA) is 126 Å². The summed E-state index contributed by atoms with van der Waals surface area (Å²) in [5, 5.41) is 9.09. The zero-order valence-electron chi connectivity index (χ0n) is 15.8. The lowest BCUT2D eigenvalue weighted by Gasteiger charge is -2.06. The van der Waals surface area contributed by atoms with Crippen molar-refractivity contribution in [3.8, 4) is 0 Å². The van der Waals surface area contributed by atoms with Crippen LogP contribution in [-0.4, -0.2) is 22.7 Å². The van der Waals surface area contributed by atoms with E-state index >= 15 is 0 Å². The molecule has 0 aliphatic heterocycles. The molecule has 0 saturated heterocycles. The van der Waals surface area contributed by atoms with Crippen molar-refractivity contribution in [2.24, 2.45) is 5.73 Å². The van der Waals surface area contributed by atoms with Gasteiger partial charge in [-0.05, 0) is 48.9 Å². The van der Waals surface area contributed by atoms with Gasteiger partial charge >= 0.3 is 0 Å². The largest absolute Gasteiger partial charge is 0.364 e. The Kier molecular flexibility index (Phi) is 5.89. The predicted molar refractivity (Wildman–Crippen MR) is 114 cm³/mol. The number of primary amides is 1.